The molecule has 4 bridgehead atoms. The predicted molar refractivity (Wildman–Crippen MR) is 68.7 cm³/mol. The second-order valence-corrected chi connectivity index (χ2v) is 6.96. The summed E-state index contributed by atoms with van der Waals surface area (Å²) in [7, 11) is 0. The van der Waals surface area contributed by atoms with Crippen molar-refractivity contribution in [3.05, 3.63) is 11.8 Å². The molecule has 4 aliphatic carbocycles. The highest BCUT2D eigenvalue weighted by atomic mass is 16.4. The summed E-state index contributed by atoms with van der Waals surface area (Å²) in [6.45, 7) is 0. The van der Waals surface area contributed by atoms with Gasteiger partial charge in [-0.3, -0.25) is 0 Å². The molecule has 6 nitrogen and oxygen atoms in total. The van der Waals surface area contributed by atoms with Crippen LogP contribution in [0.5, 0.6) is 0 Å². The molecule has 0 amide bonds. The van der Waals surface area contributed by atoms with Crippen molar-refractivity contribution in [1.29, 1.82) is 0 Å². The third-order valence-electron chi connectivity index (χ3n) is 5.46. The molecule has 6 heteroatoms. The molecule has 0 aliphatic heterocycles. The Balaban J connectivity index is 1.66. The van der Waals surface area contributed by atoms with E-state index in [9.17, 15) is 4.79 Å². The largest absolute Gasteiger partial charge is 0.480 e. The lowest BCUT2D eigenvalue weighted by Crippen LogP contribution is -2.48. The molecule has 1 aromatic rings. The summed E-state index contributed by atoms with van der Waals surface area (Å²) in [5.74, 6) is 1.87. The first-order chi connectivity index (χ1) is 9.56. The molecule has 0 aromatic carbocycles. The van der Waals surface area contributed by atoms with E-state index in [1.54, 1.807) is 0 Å². The van der Waals surface area contributed by atoms with Crippen LogP contribution in [0.4, 0.5) is 0 Å². The average Bonchev–Trinajstić information content (AvgIpc) is 2.86. The molecule has 4 aliphatic rings. The van der Waals surface area contributed by atoms with Gasteiger partial charge in [0.05, 0.1) is 0 Å². The van der Waals surface area contributed by atoms with Crippen molar-refractivity contribution >= 4 is 5.97 Å². The lowest BCUT2D eigenvalue weighted by molar-refractivity contribution is -0.139. The van der Waals surface area contributed by atoms with Crippen LogP contribution in [0.25, 0.3) is 0 Å². The van der Waals surface area contributed by atoms with Gasteiger partial charge in [0.1, 0.15) is 0 Å². The molecular weight excluding hydrogens is 258 g/mol. The maximum absolute atomic E-state index is 10.9. The van der Waals surface area contributed by atoms with Crippen molar-refractivity contribution in [2.45, 2.75) is 50.0 Å². The first-order valence-electron chi connectivity index (χ1n) is 7.38. The van der Waals surface area contributed by atoms with Gasteiger partial charge in [0.15, 0.2) is 6.04 Å². The Morgan fingerprint density at radius 2 is 1.75 bits per heavy atom. The molecule has 1 heterocycles. The van der Waals surface area contributed by atoms with Gasteiger partial charge in [0, 0.05) is 5.41 Å². The lowest BCUT2D eigenvalue weighted by Gasteiger charge is -2.55. The topological polar surface area (TPSA) is 102 Å². The molecule has 4 fully saturated rings. The molecule has 4 saturated carbocycles. The van der Waals surface area contributed by atoms with Gasteiger partial charge in [-0.15, -0.1) is 10.2 Å². The van der Waals surface area contributed by atoms with Crippen LogP contribution in [0.2, 0.25) is 0 Å². The Kier molecular flexibility index (Phi) is 2.49. The van der Waals surface area contributed by atoms with Gasteiger partial charge in [-0.25, -0.2) is 4.79 Å². The van der Waals surface area contributed by atoms with E-state index < -0.39 is 12.0 Å². The normalized spacial score (nSPS) is 40.0. The number of hydrogen-bond acceptors (Lipinski definition) is 5. The van der Waals surface area contributed by atoms with Gasteiger partial charge in [0.25, 0.3) is 0 Å². The van der Waals surface area contributed by atoms with Gasteiger partial charge in [-0.05, 0) is 56.3 Å². The Morgan fingerprint density at radius 3 is 2.25 bits per heavy atom. The summed E-state index contributed by atoms with van der Waals surface area (Å²) in [6, 6.07) is -1.22. The monoisotopic (exact) mass is 277 g/mol. The number of nitrogens with two attached hydrogens (primary N) is 1. The molecule has 108 valence electrons. The van der Waals surface area contributed by atoms with Crippen LogP contribution < -0.4 is 5.73 Å². The highest BCUT2D eigenvalue weighted by molar-refractivity contribution is 5.73. The zero-order chi connectivity index (χ0) is 13.9. The van der Waals surface area contributed by atoms with Gasteiger partial charge in [-0.2, -0.15) is 0 Å². The van der Waals surface area contributed by atoms with E-state index in [-0.39, 0.29) is 11.3 Å². The molecule has 1 unspecified atom stereocenters. The fourth-order valence-corrected chi connectivity index (χ4v) is 5.05. The average molecular weight is 277 g/mol. The third-order valence-corrected chi connectivity index (χ3v) is 5.46. The van der Waals surface area contributed by atoms with Crippen LogP contribution in [-0.4, -0.2) is 21.3 Å². The fourth-order valence-electron chi connectivity index (χ4n) is 5.05. The smallest absolute Gasteiger partial charge is 0.330 e. The number of nitrogens with zero attached hydrogens (tertiary/aromatic N) is 2. The van der Waals surface area contributed by atoms with Crippen LogP contribution in [0, 0.1) is 17.8 Å². The van der Waals surface area contributed by atoms with Crippen LogP contribution in [-0.2, 0) is 10.2 Å². The highest BCUT2D eigenvalue weighted by Gasteiger charge is 2.54. The molecule has 20 heavy (non-hydrogen) atoms. The second kappa shape index (κ2) is 4.04. The van der Waals surface area contributed by atoms with Crippen LogP contribution >= 0.6 is 0 Å². The number of carbonyl (C=O) groups is 1. The Hall–Kier alpha value is -1.43. The van der Waals surface area contributed by atoms with Crippen molar-refractivity contribution in [1.82, 2.24) is 10.2 Å². The molecule has 0 radical (unpaired) electrons. The Labute approximate surface area is 116 Å². The standard InChI is InChI=1S/C14H19N3O3/c15-10(12(18)19)11-16-17-13(20-11)14-4-7-1-8(5-14)3-9(2-7)6-14/h7-10H,1-6,15H2,(H,18,19). The minimum atomic E-state index is -1.22. The number of hydrogen-bond donors (Lipinski definition) is 2. The number of carboxylic acid groups (broad SMARTS) is 1. The second-order valence-electron chi connectivity index (χ2n) is 6.96. The summed E-state index contributed by atoms with van der Waals surface area (Å²) in [5, 5.41) is 16.9. The maximum atomic E-state index is 10.9. The number of carboxylic acids is 1. The summed E-state index contributed by atoms with van der Waals surface area (Å²) >= 11 is 0. The Morgan fingerprint density at radius 1 is 1.20 bits per heavy atom. The molecule has 5 rings (SSSR count). The van der Waals surface area contributed by atoms with Crippen molar-refractivity contribution in [2.24, 2.45) is 23.5 Å². The Bertz CT molecular complexity index is 518. The molecule has 1 atom stereocenters. The van der Waals surface area contributed by atoms with Crippen molar-refractivity contribution in [3.63, 3.8) is 0 Å². The van der Waals surface area contributed by atoms with E-state index in [4.69, 9.17) is 15.3 Å². The molecule has 0 saturated heterocycles. The van der Waals surface area contributed by atoms with E-state index in [0.29, 0.717) is 5.89 Å². The zero-order valence-corrected chi connectivity index (χ0v) is 11.3. The number of aliphatic carboxylic acids is 1. The van der Waals surface area contributed by atoms with Gasteiger partial charge < -0.3 is 15.3 Å². The zero-order valence-electron chi connectivity index (χ0n) is 11.3. The summed E-state index contributed by atoms with van der Waals surface area (Å²) in [5.41, 5.74) is 5.55. The minimum absolute atomic E-state index is 0.00176. The summed E-state index contributed by atoms with van der Waals surface area (Å²) < 4.78 is 5.66. The van der Waals surface area contributed by atoms with E-state index in [1.807, 2.05) is 0 Å². The van der Waals surface area contributed by atoms with E-state index in [2.05, 4.69) is 10.2 Å². The molecular formula is C14H19N3O3. The third kappa shape index (κ3) is 1.70. The summed E-state index contributed by atoms with van der Waals surface area (Å²) in [6.07, 6.45) is 7.37. The van der Waals surface area contributed by atoms with E-state index in [0.717, 1.165) is 37.0 Å². The van der Waals surface area contributed by atoms with Gasteiger partial charge in [0.2, 0.25) is 11.8 Å². The first-order valence-corrected chi connectivity index (χ1v) is 7.38. The van der Waals surface area contributed by atoms with Crippen LogP contribution in [0.15, 0.2) is 4.42 Å². The predicted octanol–water partition coefficient (Wildman–Crippen LogP) is 1.62. The van der Waals surface area contributed by atoms with Crippen LogP contribution in [0.3, 0.4) is 0 Å². The molecule has 1 aromatic heterocycles. The minimum Gasteiger partial charge on any atom is -0.480 e. The number of rotatable bonds is 3. The SMILES string of the molecule is NC(C(=O)O)c1nnc(C23CC4CC(CC(C4)C2)C3)o1. The quantitative estimate of drug-likeness (QED) is 0.870. The van der Waals surface area contributed by atoms with Crippen molar-refractivity contribution < 1.29 is 14.3 Å². The first kappa shape index (κ1) is 12.3. The van der Waals surface area contributed by atoms with Gasteiger partial charge >= 0.3 is 5.97 Å². The fraction of sp³-hybridized carbons (Fsp3) is 0.786. The summed E-state index contributed by atoms with van der Waals surface area (Å²) in [4.78, 5) is 10.9. The molecule has 3 N–H and O–H groups in total. The van der Waals surface area contributed by atoms with Crippen molar-refractivity contribution in [3.8, 4) is 0 Å². The lowest BCUT2D eigenvalue weighted by atomic mass is 9.49. The highest BCUT2D eigenvalue weighted by Crippen LogP contribution is 2.60. The van der Waals surface area contributed by atoms with Crippen LogP contribution in [0.1, 0.15) is 56.3 Å². The van der Waals surface area contributed by atoms with E-state index in [1.165, 1.54) is 19.3 Å². The van der Waals surface area contributed by atoms with E-state index >= 15 is 0 Å². The maximum Gasteiger partial charge on any atom is 0.330 e. The van der Waals surface area contributed by atoms with Crippen molar-refractivity contribution in [2.75, 3.05) is 0 Å². The molecule has 0 spiro atoms. The van der Waals surface area contributed by atoms with Gasteiger partial charge in [-0.1, -0.05) is 0 Å². The number of aromatic nitrogens is 2.